The fourth-order valence-corrected chi connectivity index (χ4v) is 3.61. The van der Waals surface area contributed by atoms with E-state index in [2.05, 4.69) is 25.6 Å². The smallest absolute Gasteiger partial charge is 0.289 e. The zero-order valence-corrected chi connectivity index (χ0v) is 20.6. The minimum absolute atomic E-state index is 0. The fourth-order valence-electron chi connectivity index (χ4n) is 3.61. The number of amidine groups is 1. The molecule has 1 saturated carbocycles. The van der Waals surface area contributed by atoms with Crippen LogP contribution in [0.4, 0.5) is 10.2 Å². The van der Waals surface area contributed by atoms with E-state index in [1.54, 1.807) is 13.0 Å². The number of halogens is 3. The first-order valence-electron chi connectivity index (χ1n) is 10.4. The average molecular weight is 487 g/mol. The summed E-state index contributed by atoms with van der Waals surface area (Å²) in [6.07, 6.45) is 3.96. The van der Waals surface area contributed by atoms with Crippen molar-refractivity contribution in [2.24, 2.45) is 16.1 Å². The Hall–Kier alpha value is -2.19. The lowest BCUT2D eigenvalue weighted by Gasteiger charge is -2.30. The van der Waals surface area contributed by atoms with Crippen molar-refractivity contribution in [3.05, 3.63) is 29.8 Å². The van der Waals surface area contributed by atoms with Gasteiger partial charge < -0.3 is 16.4 Å². The highest BCUT2D eigenvalue weighted by atomic mass is 35.5. The molecule has 0 saturated heterocycles. The molecule has 0 bridgehead atoms. The maximum absolute atomic E-state index is 14.0. The predicted octanol–water partition coefficient (Wildman–Crippen LogP) is 4.49. The Balaban J connectivity index is 0.00000256. The Labute approximate surface area is 201 Å². The van der Waals surface area contributed by atoms with Gasteiger partial charge in [-0.15, -0.1) is 24.8 Å². The third-order valence-electron chi connectivity index (χ3n) is 5.06. The Bertz CT molecular complexity index is 959. The second-order valence-corrected chi connectivity index (χ2v) is 9.17. The van der Waals surface area contributed by atoms with E-state index in [1.807, 2.05) is 20.8 Å². The van der Waals surface area contributed by atoms with Gasteiger partial charge in [0.2, 0.25) is 5.82 Å². The molecule has 1 fully saturated rings. The largest absolute Gasteiger partial charge is 0.388 e. The topological polar surface area (TPSA) is 105 Å². The van der Waals surface area contributed by atoms with E-state index in [1.165, 1.54) is 12.1 Å². The number of rotatable bonds is 5. The number of aromatic nitrogens is 2. The van der Waals surface area contributed by atoms with Gasteiger partial charge in [0.25, 0.3) is 5.91 Å². The average Bonchev–Trinajstić information content (AvgIpc) is 2.66. The van der Waals surface area contributed by atoms with Gasteiger partial charge in [0, 0.05) is 18.0 Å². The summed E-state index contributed by atoms with van der Waals surface area (Å²) in [6, 6.07) is 4.31. The lowest BCUT2D eigenvalue weighted by atomic mass is 9.90. The highest BCUT2D eigenvalue weighted by molar-refractivity contribution is 5.96. The van der Waals surface area contributed by atoms with E-state index in [0.717, 1.165) is 25.7 Å². The molecule has 1 aromatic heterocycles. The van der Waals surface area contributed by atoms with Gasteiger partial charge in [-0.2, -0.15) is 0 Å². The number of amides is 1. The van der Waals surface area contributed by atoms with Crippen LogP contribution in [0.1, 0.15) is 64.0 Å². The van der Waals surface area contributed by atoms with Gasteiger partial charge in [0.15, 0.2) is 0 Å². The Morgan fingerprint density at radius 1 is 1.22 bits per heavy atom. The summed E-state index contributed by atoms with van der Waals surface area (Å²) < 4.78 is 14.0. The third kappa shape index (κ3) is 7.45. The number of carbonyl (C=O) groups excluding carboxylic acids is 1. The number of hydrogen-bond acceptors (Lipinski definition) is 5. The first-order chi connectivity index (χ1) is 14.1. The molecule has 4 N–H and O–H groups in total. The predicted molar refractivity (Wildman–Crippen MR) is 133 cm³/mol. The zero-order valence-electron chi connectivity index (χ0n) is 18.9. The molecule has 0 radical (unpaired) electrons. The molecule has 1 heterocycles. The lowest BCUT2D eigenvalue weighted by Crippen LogP contribution is -2.37. The standard InChI is InChI=1S/C22H31FN6O.2ClH/c1-13(24)26-17-7-5-6-8-18(17)28-19-15-11-14(23)9-10-16(15)27-20(29-19)21(30)25-12-22(2,3)4;;/h9-11,17-18H,5-8,12H2,1-4H3,(H2,24,26)(H,25,30)(H,27,28,29);2*1H/t17-,18+;;/m1../s1. The van der Waals surface area contributed by atoms with Crippen LogP contribution in [0.2, 0.25) is 0 Å². The van der Waals surface area contributed by atoms with Crippen LogP contribution in [-0.2, 0) is 0 Å². The third-order valence-corrected chi connectivity index (χ3v) is 5.06. The minimum Gasteiger partial charge on any atom is -0.388 e. The maximum atomic E-state index is 14.0. The van der Waals surface area contributed by atoms with Crippen LogP contribution in [0, 0.1) is 11.2 Å². The normalized spacial score (nSPS) is 19.0. The van der Waals surface area contributed by atoms with Gasteiger partial charge in [-0.05, 0) is 43.4 Å². The molecule has 0 spiro atoms. The molecule has 0 unspecified atom stereocenters. The molecule has 178 valence electrons. The van der Waals surface area contributed by atoms with Crippen molar-refractivity contribution < 1.29 is 9.18 Å². The number of nitrogens with one attached hydrogen (secondary N) is 2. The highest BCUT2D eigenvalue weighted by Crippen LogP contribution is 2.28. The van der Waals surface area contributed by atoms with E-state index >= 15 is 0 Å². The molecular formula is C22H33Cl2FN6O. The number of carbonyl (C=O) groups is 1. The quantitative estimate of drug-likeness (QED) is 0.426. The van der Waals surface area contributed by atoms with Crippen LogP contribution < -0.4 is 16.4 Å². The number of anilines is 1. The molecule has 10 heteroatoms. The SMILES string of the molecule is CC(N)=N[C@@H]1CCCC[C@@H]1Nc1nc(C(=O)NCC(C)(C)C)nc2ccc(F)cc12.Cl.Cl. The summed E-state index contributed by atoms with van der Waals surface area (Å²) in [5, 5.41) is 6.83. The number of aliphatic imine (C=N–C) groups is 1. The van der Waals surface area contributed by atoms with Crippen LogP contribution in [0.15, 0.2) is 23.2 Å². The van der Waals surface area contributed by atoms with E-state index < -0.39 is 0 Å². The van der Waals surface area contributed by atoms with Gasteiger partial charge in [-0.1, -0.05) is 33.6 Å². The molecule has 2 atom stereocenters. The summed E-state index contributed by atoms with van der Waals surface area (Å²) in [5.41, 5.74) is 6.26. The molecule has 1 aliphatic rings. The summed E-state index contributed by atoms with van der Waals surface area (Å²) in [7, 11) is 0. The van der Waals surface area contributed by atoms with Gasteiger partial charge in [-0.3, -0.25) is 9.79 Å². The Morgan fingerprint density at radius 2 is 1.91 bits per heavy atom. The van der Waals surface area contributed by atoms with Crippen molar-refractivity contribution in [3.63, 3.8) is 0 Å². The van der Waals surface area contributed by atoms with Gasteiger partial charge in [0.1, 0.15) is 11.6 Å². The summed E-state index contributed by atoms with van der Waals surface area (Å²) in [4.78, 5) is 26.1. The van der Waals surface area contributed by atoms with Crippen LogP contribution in [0.5, 0.6) is 0 Å². The zero-order chi connectivity index (χ0) is 21.9. The molecule has 1 aliphatic carbocycles. The Kier molecular flexibility index (Phi) is 10.1. The summed E-state index contributed by atoms with van der Waals surface area (Å²) in [5.74, 6) is 0.314. The molecule has 7 nitrogen and oxygen atoms in total. The van der Waals surface area contributed by atoms with E-state index in [4.69, 9.17) is 5.73 Å². The second-order valence-electron chi connectivity index (χ2n) is 9.17. The number of hydrogen-bond donors (Lipinski definition) is 3. The minimum atomic E-state index is -0.380. The molecular weight excluding hydrogens is 454 g/mol. The molecule has 1 amide bonds. The van der Waals surface area contributed by atoms with Gasteiger partial charge in [-0.25, -0.2) is 14.4 Å². The van der Waals surface area contributed by atoms with Crippen molar-refractivity contribution >= 4 is 53.3 Å². The van der Waals surface area contributed by atoms with E-state index in [-0.39, 0.29) is 59.9 Å². The van der Waals surface area contributed by atoms with E-state index in [0.29, 0.717) is 29.1 Å². The van der Waals surface area contributed by atoms with Crippen molar-refractivity contribution in [3.8, 4) is 0 Å². The van der Waals surface area contributed by atoms with Crippen LogP contribution in [-0.4, -0.2) is 40.3 Å². The fraction of sp³-hybridized carbons (Fsp3) is 0.545. The van der Waals surface area contributed by atoms with Crippen molar-refractivity contribution in [2.75, 3.05) is 11.9 Å². The number of fused-ring (bicyclic) bond motifs is 1. The van der Waals surface area contributed by atoms with Crippen LogP contribution >= 0.6 is 24.8 Å². The van der Waals surface area contributed by atoms with Gasteiger partial charge in [0.05, 0.1) is 17.4 Å². The number of benzene rings is 1. The summed E-state index contributed by atoms with van der Waals surface area (Å²) in [6.45, 7) is 8.38. The number of nitrogens with zero attached hydrogens (tertiary/aromatic N) is 3. The second kappa shape index (κ2) is 11.6. The van der Waals surface area contributed by atoms with Crippen molar-refractivity contribution in [1.82, 2.24) is 15.3 Å². The van der Waals surface area contributed by atoms with Crippen LogP contribution in [0.3, 0.4) is 0 Å². The van der Waals surface area contributed by atoms with E-state index in [9.17, 15) is 9.18 Å². The van der Waals surface area contributed by atoms with Crippen molar-refractivity contribution in [1.29, 1.82) is 0 Å². The number of nitrogens with two attached hydrogens (primary N) is 1. The van der Waals surface area contributed by atoms with Gasteiger partial charge >= 0.3 is 0 Å². The summed E-state index contributed by atoms with van der Waals surface area (Å²) >= 11 is 0. The first-order valence-corrected chi connectivity index (χ1v) is 10.4. The highest BCUT2D eigenvalue weighted by Gasteiger charge is 2.26. The Morgan fingerprint density at radius 3 is 2.56 bits per heavy atom. The van der Waals surface area contributed by atoms with Crippen molar-refractivity contribution in [2.45, 2.75) is 65.5 Å². The molecule has 32 heavy (non-hydrogen) atoms. The molecule has 1 aromatic carbocycles. The molecule has 2 aromatic rings. The molecule has 3 rings (SSSR count). The van der Waals surface area contributed by atoms with Crippen LogP contribution in [0.25, 0.3) is 10.9 Å². The first kappa shape index (κ1) is 27.8. The lowest BCUT2D eigenvalue weighted by molar-refractivity contribution is 0.0929. The monoisotopic (exact) mass is 486 g/mol. The molecule has 0 aliphatic heterocycles. The maximum Gasteiger partial charge on any atom is 0.289 e.